The number of carbonyl (C=O) groups excluding carboxylic acids is 2. The summed E-state index contributed by atoms with van der Waals surface area (Å²) in [5.74, 6) is -3.86. The second kappa shape index (κ2) is 8.32. The van der Waals surface area contributed by atoms with Crippen molar-refractivity contribution >= 4 is 29.4 Å². The molecule has 1 aromatic carbocycles. The van der Waals surface area contributed by atoms with Crippen molar-refractivity contribution in [2.75, 3.05) is 19.6 Å². The Morgan fingerprint density at radius 1 is 1.42 bits per heavy atom. The highest BCUT2D eigenvalue weighted by Crippen LogP contribution is 2.40. The number of aliphatic hydroxyl groups is 1. The maximum atomic E-state index is 13.0. The van der Waals surface area contributed by atoms with Gasteiger partial charge >= 0.3 is 5.97 Å². The van der Waals surface area contributed by atoms with E-state index in [2.05, 4.69) is 5.16 Å². The smallest absolute Gasteiger partial charge is 0.323 e. The topological polar surface area (TPSA) is 124 Å². The zero-order chi connectivity index (χ0) is 27.7. The van der Waals surface area contributed by atoms with E-state index < -0.39 is 42.0 Å². The molecule has 0 bridgehead atoms. The van der Waals surface area contributed by atoms with Crippen molar-refractivity contribution in [1.29, 1.82) is 0 Å². The number of carbonyl (C=O) groups is 3. The van der Waals surface area contributed by atoms with Crippen molar-refractivity contribution in [2.24, 2.45) is 5.92 Å². The molecule has 10 heteroatoms. The van der Waals surface area contributed by atoms with E-state index in [1.54, 1.807) is 11.0 Å². The van der Waals surface area contributed by atoms with Gasteiger partial charge in [-0.1, -0.05) is 16.8 Å². The Kier molecular flexibility index (Phi) is 4.02. The van der Waals surface area contributed by atoms with E-state index in [1.165, 1.54) is 6.07 Å². The summed E-state index contributed by atoms with van der Waals surface area (Å²) >= 11 is 6.39. The third-order valence-electron chi connectivity index (χ3n) is 5.37. The molecule has 1 aliphatic heterocycles. The van der Waals surface area contributed by atoms with Crippen molar-refractivity contribution in [3.63, 3.8) is 0 Å². The molecule has 1 saturated carbocycles. The van der Waals surface area contributed by atoms with Gasteiger partial charge in [0.2, 0.25) is 0 Å². The van der Waals surface area contributed by atoms with Crippen LogP contribution in [0.4, 0.5) is 0 Å². The minimum atomic E-state index is -3.85. The molecule has 2 aromatic rings. The number of nitrogens with zero attached hydrogens (tertiary/aromatic N) is 3. The van der Waals surface area contributed by atoms with Crippen LogP contribution in [0.3, 0.4) is 0 Å². The second-order valence-corrected chi connectivity index (χ2v) is 7.77. The Morgan fingerprint density at radius 3 is 2.81 bits per heavy atom. The minimum Gasteiger partial charge on any atom is -0.480 e. The number of benzene rings is 1. The van der Waals surface area contributed by atoms with Crippen LogP contribution in [0.2, 0.25) is 5.02 Å². The molecule has 0 unspecified atom stereocenters. The normalized spacial score (nSPS) is 20.6. The van der Waals surface area contributed by atoms with E-state index in [9.17, 15) is 24.6 Å². The van der Waals surface area contributed by atoms with Crippen molar-refractivity contribution in [1.82, 2.24) is 15.0 Å². The largest absolute Gasteiger partial charge is 0.480 e. The third-order valence-corrected chi connectivity index (χ3v) is 5.67. The molecular weight excluding hydrogens is 426 g/mol. The zero-order valence-corrected chi connectivity index (χ0v) is 17.0. The highest BCUT2D eigenvalue weighted by atomic mass is 35.5. The van der Waals surface area contributed by atoms with Crippen molar-refractivity contribution < 1.29 is 37.3 Å². The monoisotopic (exact) mass is 453 g/mol. The Morgan fingerprint density at radius 2 is 2.16 bits per heavy atom. The molecule has 2 amide bonds. The lowest BCUT2D eigenvalue weighted by Gasteiger charge is -2.23. The number of fused-ring (bicyclic) bond motifs is 1. The van der Waals surface area contributed by atoms with E-state index in [0.717, 1.165) is 18.9 Å². The predicted octanol–water partition coefficient (Wildman–Crippen LogP) is 2.27. The van der Waals surface area contributed by atoms with Gasteiger partial charge in [-0.2, -0.15) is 0 Å². The van der Waals surface area contributed by atoms with Crippen LogP contribution in [0.1, 0.15) is 54.4 Å². The summed E-state index contributed by atoms with van der Waals surface area (Å²) in [7, 11) is 0. The van der Waals surface area contributed by atoms with Gasteiger partial charge in [0.05, 0.1) is 25.4 Å². The second-order valence-electron chi connectivity index (χ2n) is 7.36. The van der Waals surface area contributed by atoms with Gasteiger partial charge in [0.1, 0.15) is 6.50 Å². The Balaban J connectivity index is 1.68. The Bertz CT molecular complexity index is 1290. The molecule has 1 aromatic heterocycles. The van der Waals surface area contributed by atoms with Crippen LogP contribution >= 0.6 is 11.6 Å². The zero-order valence-electron chi connectivity index (χ0n) is 22.3. The van der Waals surface area contributed by atoms with Crippen LogP contribution < -0.4 is 0 Å². The number of carboxylic acids is 1. The van der Waals surface area contributed by atoms with E-state index in [0.29, 0.717) is 23.6 Å². The summed E-state index contributed by atoms with van der Waals surface area (Å²) in [6.07, 6.45) is 2.09. The molecule has 164 valence electrons. The Labute approximate surface area is 191 Å². The first-order chi connectivity index (χ1) is 17.0. The van der Waals surface area contributed by atoms with Crippen LogP contribution in [0.15, 0.2) is 22.7 Å². The standard InChI is InChI=1S/C21H22ClN3O6/c1-11(12-2-3-12)25-9-14-6-13(7-15(22)19(14)21(25)30)17-8-16(23-31-17)20(29)24(4-5-26)10-18(27)28/h6-8,11-12,26H,2-5,9-10H2,1H3,(H,27,28)/t11-/m0/s1/i4D2,5D2,10D2. The molecule has 0 spiro atoms. The van der Waals surface area contributed by atoms with Crippen LogP contribution in [-0.4, -0.2) is 68.5 Å². The number of aliphatic carboxylic acids is 1. The summed E-state index contributed by atoms with van der Waals surface area (Å²) < 4.78 is 50.6. The van der Waals surface area contributed by atoms with Gasteiger partial charge in [-0.3, -0.25) is 14.4 Å². The molecule has 0 radical (unpaired) electrons. The number of aromatic nitrogens is 1. The first-order valence-corrected chi connectivity index (χ1v) is 9.77. The van der Waals surface area contributed by atoms with Crippen molar-refractivity contribution in [3.8, 4) is 11.3 Å². The average molecular weight is 454 g/mol. The lowest BCUT2D eigenvalue weighted by atomic mass is 10.0. The highest BCUT2D eigenvalue weighted by Gasteiger charge is 2.39. The fourth-order valence-electron chi connectivity index (χ4n) is 3.63. The van der Waals surface area contributed by atoms with E-state index in [4.69, 9.17) is 24.3 Å². The summed E-state index contributed by atoms with van der Waals surface area (Å²) in [6, 6.07) is 4.01. The SMILES string of the molecule is [2H]C([2H])(C(=O)O)N(C(=O)c1cc(-c2cc(Cl)c3c(c2)CN([C@@H](C)C2CC2)C3=O)on1)C([2H])([2H])C([2H])([2H])O. The number of hydrogen-bond donors (Lipinski definition) is 2. The van der Waals surface area contributed by atoms with E-state index in [1.807, 2.05) is 6.92 Å². The lowest BCUT2D eigenvalue weighted by Crippen LogP contribution is -2.37. The number of rotatable bonds is 8. The van der Waals surface area contributed by atoms with Gasteiger partial charge in [0.25, 0.3) is 11.8 Å². The van der Waals surface area contributed by atoms with Crippen molar-refractivity contribution in [2.45, 2.75) is 32.4 Å². The number of carboxylic acid groups (broad SMARTS) is 1. The van der Waals surface area contributed by atoms with E-state index in [-0.39, 0.29) is 28.3 Å². The summed E-state index contributed by atoms with van der Waals surface area (Å²) in [4.78, 5) is 38.5. The molecular formula is C21H22ClN3O6. The van der Waals surface area contributed by atoms with Gasteiger partial charge in [-0.25, -0.2) is 0 Å². The molecule has 1 fully saturated rings. The molecule has 2 heterocycles. The Hall–Kier alpha value is -2.91. The number of hydrogen-bond acceptors (Lipinski definition) is 6. The first kappa shape index (κ1) is 15.0. The molecule has 2 N–H and O–H groups in total. The molecule has 1 aliphatic carbocycles. The third kappa shape index (κ3) is 4.15. The van der Waals surface area contributed by atoms with Gasteiger partial charge in [-0.15, -0.1) is 0 Å². The van der Waals surface area contributed by atoms with Crippen LogP contribution in [0.25, 0.3) is 11.3 Å². The maximum absolute atomic E-state index is 13.0. The van der Waals surface area contributed by atoms with Gasteiger partial charge < -0.3 is 24.5 Å². The average Bonchev–Trinajstić information content (AvgIpc) is 3.40. The summed E-state index contributed by atoms with van der Waals surface area (Å²) in [5, 5.41) is 22.4. The molecule has 4 rings (SSSR count). The van der Waals surface area contributed by atoms with Crippen LogP contribution in [0, 0.1) is 5.92 Å². The quantitative estimate of drug-likeness (QED) is 0.628. The molecule has 2 aliphatic rings. The van der Waals surface area contributed by atoms with Gasteiger partial charge in [0, 0.05) is 30.7 Å². The van der Waals surface area contributed by atoms with Crippen LogP contribution in [-0.2, 0) is 11.3 Å². The molecule has 9 nitrogen and oxygen atoms in total. The lowest BCUT2D eigenvalue weighted by molar-refractivity contribution is -0.137. The summed E-state index contributed by atoms with van der Waals surface area (Å²) in [6.45, 7) is -9.18. The predicted molar refractivity (Wildman–Crippen MR) is 110 cm³/mol. The summed E-state index contributed by atoms with van der Waals surface area (Å²) in [5.41, 5.74) is 0.480. The maximum Gasteiger partial charge on any atom is 0.323 e. The highest BCUT2D eigenvalue weighted by molar-refractivity contribution is 6.34. The van der Waals surface area contributed by atoms with E-state index >= 15 is 0 Å². The van der Waals surface area contributed by atoms with Crippen LogP contribution in [0.5, 0.6) is 0 Å². The first-order valence-electron chi connectivity index (χ1n) is 12.4. The molecule has 31 heavy (non-hydrogen) atoms. The van der Waals surface area contributed by atoms with Gasteiger partial charge in [0.15, 0.2) is 11.5 Å². The fourth-order valence-corrected chi connectivity index (χ4v) is 3.95. The minimum absolute atomic E-state index is 0.0341. The molecule has 0 saturated heterocycles. The number of halogens is 1. The van der Waals surface area contributed by atoms with Crippen molar-refractivity contribution in [3.05, 3.63) is 40.0 Å². The van der Waals surface area contributed by atoms with Gasteiger partial charge in [-0.05, 0) is 43.4 Å². The number of amides is 2. The molecule has 1 atom stereocenters. The fraction of sp³-hybridized carbons (Fsp3) is 0.429.